The Balaban J connectivity index is 1.75. The van der Waals surface area contributed by atoms with E-state index in [1.807, 2.05) is 25.1 Å². The number of benzene rings is 1. The van der Waals surface area contributed by atoms with Crippen molar-refractivity contribution >= 4 is 26.7 Å². The van der Waals surface area contributed by atoms with E-state index < -0.39 is 33.7 Å². The molecular formula is C26H32F3N5O3S. The zero-order valence-corrected chi connectivity index (χ0v) is 22.7. The maximum absolute atomic E-state index is 14.8. The second-order valence-corrected chi connectivity index (χ2v) is 12.2. The Hall–Kier alpha value is -2.99. The molecule has 3 heterocycles. The maximum Gasteiger partial charge on any atom is 0.266 e. The van der Waals surface area contributed by atoms with Gasteiger partial charge in [-0.2, -0.15) is 4.98 Å². The molecule has 1 saturated heterocycles. The Morgan fingerprint density at radius 3 is 2.47 bits per heavy atom. The molecule has 0 bridgehead atoms. The number of fused-ring (bicyclic) bond motifs is 1. The van der Waals surface area contributed by atoms with E-state index in [2.05, 4.69) is 20.3 Å². The summed E-state index contributed by atoms with van der Waals surface area (Å²) in [4.78, 5) is 15.6. The van der Waals surface area contributed by atoms with Gasteiger partial charge in [0.15, 0.2) is 5.65 Å². The van der Waals surface area contributed by atoms with Crippen LogP contribution in [0.25, 0.3) is 11.0 Å². The largest absolute Gasteiger partial charge is 0.476 e. The molecule has 1 fully saturated rings. The fourth-order valence-corrected chi connectivity index (χ4v) is 6.05. The number of ether oxygens (including phenoxy) is 1. The number of aromatic nitrogens is 3. The van der Waals surface area contributed by atoms with Crippen molar-refractivity contribution in [2.75, 3.05) is 44.1 Å². The fraction of sp³-hybridized carbons (Fsp3) is 0.500. The predicted octanol–water partition coefficient (Wildman–Crippen LogP) is 4.82. The fourth-order valence-electron chi connectivity index (χ4n) is 4.56. The van der Waals surface area contributed by atoms with Gasteiger partial charge in [0.05, 0.1) is 28.5 Å². The van der Waals surface area contributed by atoms with Crippen molar-refractivity contribution in [3.05, 3.63) is 52.6 Å². The molecular weight excluding hydrogens is 519 g/mol. The van der Waals surface area contributed by atoms with Crippen molar-refractivity contribution in [1.82, 2.24) is 19.9 Å². The van der Waals surface area contributed by atoms with Gasteiger partial charge in [-0.25, -0.2) is 31.6 Å². The number of pyridine rings is 1. The van der Waals surface area contributed by atoms with E-state index in [0.29, 0.717) is 54.5 Å². The van der Waals surface area contributed by atoms with Crippen molar-refractivity contribution in [3.8, 4) is 5.88 Å². The number of hydrogen-bond acceptors (Lipinski definition) is 8. The van der Waals surface area contributed by atoms with Crippen molar-refractivity contribution in [2.24, 2.45) is 0 Å². The lowest BCUT2D eigenvalue weighted by Crippen LogP contribution is -2.24. The number of hydrogen-bond donors (Lipinski definition) is 1. The molecule has 38 heavy (non-hydrogen) atoms. The van der Waals surface area contributed by atoms with Gasteiger partial charge in [-0.05, 0) is 52.8 Å². The first kappa shape index (κ1) is 28.0. The third-order valence-electron chi connectivity index (χ3n) is 6.68. The lowest BCUT2D eigenvalue weighted by atomic mass is 9.93. The van der Waals surface area contributed by atoms with E-state index >= 15 is 0 Å². The Labute approximate surface area is 220 Å². The van der Waals surface area contributed by atoms with Crippen molar-refractivity contribution in [2.45, 2.75) is 45.1 Å². The van der Waals surface area contributed by atoms with Gasteiger partial charge in [-0.1, -0.05) is 18.2 Å². The highest BCUT2D eigenvalue weighted by atomic mass is 32.2. The van der Waals surface area contributed by atoms with Gasteiger partial charge in [0.2, 0.25) is 5.88 Å². The number of nitrogens with zero attached hydrogens (tertiary/aromatic N) is 4. The van der Waals surface area contributed by atoms with E-state index in [1.165, 1.54) is 12.1 Å². The predicted molar refractivity (Wildman–Crippen MR) is 140 cm³/mol. The number of halogens is 3. The summed E-state index contributed by atoms with van der Waals surface area (Å²) in [7, 11) is 0.785. The molecule has 8 nitrogen and oxygen atoms in total. The van der Waals surface area contributed by atoms with Gasteiger partial charge in [0.1, 0.15) is 33.9 Å². The molecule has 1 aliphatic heterocycles. The Bertz CT molecular complexity index is 1400. The number of likely N-dealkylation sites (N-methyl/N-ethyl adjacent to an activating group) is 1. The molecule has 0 spiro atoms. The maximum atomic E-state index is 14.8. The van der Waals surface area contributed by atoms with Gasteiger partial charge in [0, 0.05) is 17.7 Å². The summed E-state index contributed by atoms with van der Waals surface area (Å²) in [5.74, 6) is 0.304. The average molecular weight is 552 g/mol. The van der Waals surface area contributed by atoms with Crippen LogP contribution in [0.3, 0.4) is 0 Å². The SMILES string of the molecule is Cc1nc(N[C@H](C)c2cccc(C(F)F)c2F)c2cc(C3CCS(=O)(=O)CC3)c(OCCN(C)C)nc2n1. The molecule has 0 radical (unpaired) electrons. The minimum absolute atomic E-state index is 0.0825. The van der Waals surface area contributed by atoms with Crippen molar-refractivity contribution in [3.63, 3.8) is 0 Å². The zero-order chi connectivity index (χ0) is 27.6. The molecule has 2 aromatic heterocycles. The zero-order valence-electron chi connectivity index (χ0n) is 21.8. The monoisotopic (exact) mass is 551 g/mol. The number of nitrogens with one attached hydrogen (secondary N) is 1. The normalized spacial score (nSPS) is 16.8. The van der Waals surface area contributed by atoms with Crippen LogP contribution in [0.1, 0.15) is 60.7 Å². The molecule has 206 valence electrons. The molecule has 1 aromatic carbocycles. The van der Waals surface area contributed by atoms with Crippen LogP contribution in [0.15, 0.2) is 24.3 Å². The minimum Gasteiger partial charge on any atom is -0.476 e. The van der Waals surface area contributed by atoms with E-state index in [0.717, 1.165) is 11.6 Å². The third kappa shape index (κ3) is 6.35. The first-order valence-corrected chi connectivity index (χ1v) is 14.3. The van der Waals surface area contributed by atoms with E-state index in [1.54, 1.807) is 13.8 Å². The lowest BCUT2D eigenvalue weighted by molar-refractivity contribution is 0.146. The van der Waals surface area contributed by atoms with Gasteiger partial charge in [-0.3, -0.25) is 0 Å². The summed E-state index contributed by atoms with van der Waals surface area (Å²) in [6, 6.07) is 5.09. The Kier molecular flexibility index (Phi) is 8.41. The number of sulfone groups is 1. The highest BCUT2D eigenvalue weighted by Crippen LogP contribution is 2.38. The van der Waals surface area contributed by atoms with Crippen LogP contribution >= 0.6 is 0 Å². The molecule has 1 atom stereocenters. The van der Waals surface area contributed by atoms with E-state index in [4.69, 9.17) is 4.74 Å². The minimum atomic E-state index is -3.08. The van der Waals surface area contributed by atoms with Crippen LogP contribution in [0.4, 0.5) is 19.0 Å². The Morgan fingerprint density at radius 1 is 1.13 bits per heavy atom. The molecule has 0 amide bonds. The summed E-state index contributed by atoms with van der Waals surface area (Å²) >= 11 is 0. The van der Waals surface area contributed by atoms with E-state index in [9.17, 15) is 21.6 Å². The van der Waals surface area contributed by atoms with Gasteiger partial charge < -0.3 is 15.0 Å². The number of aryl methyl sites for hydroxylation is 1. The van der Waals surface area contributed by atoms with Crippen molar-refractivity contribution < 1.29 is 26.3 Å². The summed E-state index contributed by atoms with van der Waals surface area (Å²) in [5, 5.41) is 3.70. The van der Waals surface area contributed by atoms with Crippen LogP contribution in [-0.4, -0.2) is 67.0 Å². The van der Waals surface area contributed by atoms with Crippen LogP contribution in [0.2, 0.25) is 0 Å². The van der Waals surface area contributed by atoms with Crippen LogP contribution in [0, 0.1) is 12.7 Å². The number of rotatable bonds is 9. The first-order chi connectivity index (χ1) is 17.9. The van der Waals surface area contributed by atoms with Crippen LogP contribution in [0.5, 0.6) is 5.88 Å². The van der Waals surface area contributed by atoms with Crippen molar-refractivity contribution in [1.29, 1.82) is 0 Å². The third-order valence-corrected chi connectivity index (χ3v) is 8.39. The van der Waals surface area contributed by atoms with E-state index in [-0.39, 0.29) is 23.0 Å². The first-order valence-electron chi connectivity index (χ1n) is 12.5. The second kappa shape index (κ2) is 11.4. The molecule has 0 unspecified atom stereocenters. The molecule has 1 aliphatic rings. The topological polar surface area (TPSA) is 97.3 Å². The molecule has 0 saturated carbocycles. The lowest BCUT2D eigenvalue weighted by Gasteiger charge is -2.25. The highest BCUT2D eigenvalue weighted by Gasteiger charge is 2.29. The average Bonchev–Trinajstić information content (AvgIpc) is 2.83. The summed E-state index contributed by atoms with van der Waals surface area (Å²) in [6.07, 6.45) is -2.05. The smallest absolute Gasteiger partial charge is 0.266 e. The molecule has 12 heteroatoms. The van der Waals surface area contributed by atoms with Gasteiger partial charge in [0.25, 0.3) is 6.43 Å². The number of alkyl halides is 2. The molecule has 0 aliphatic carbocycles. The quantitative estimate of drug-likeness (QED) is 0.405. The molecule has 1 N–H and O–H groups in total. The summed E-state index contributed by atoms with van der Waals surface area (Å²) < 4.78 is 71.5. The van der Waals surface area contributed by atoms with Gasteiger partial charge in [-0.15, -0.1) is 0 Å². The molecule has 4 rings (SSSR count). The standard InChI is InChI=1S/C26H32F3N5O3S/c1-15(18-6-5-7-19(22(18)27)23(28)29)30-24-21-14-20(17-8-12-38(35,36)13-9-17)26(37-11-10-34(3)4)33-25(21)32-16(2)31-24/h5-7,14-15,17,23H,8-13H2,1-4H3,(H,30,31,32,33)/t15-/m1/s1. The highest BCUT2D eigenvalue weighted by molar-refractivity contribution is 7.91. The van der Waals surface area contributed by atoms with Gasteiger partial charge >= 0.3 is 0 Å². The summed E-state index contributed by atoms with van der Waals surface area (Å²) in [6.45, 7) is 4.40. The second-order valence-electron chi connectivity index (χ2n) is 9.87. The summed E-state index contributed by atoms with van der Waals surface area (Å²) in [5.41, 5.74) is 0.554. The number of anilines is 1. The Morgan fingerprint density at radius 2 is 1.82 bits per heavy atom. The van der Waals surface area contributed by atoms with Crippen LogP contribution in [-0.2, 0) is 9.84 Å². The molecule has 3 aromatic rings. The van der Waals surface area contributed by atoms with Crippen LogP contribution < -0.4 is 10.1 Å².